The molecule has 0 saturated heterocycles. The number of benzene rings is 3. The van der Waals surface area contributed by atoms with Gasteiger partial charge in [-0.1, -0.05) is 53.5 Å². The first-order chi connectivity index (χ1) is 13.5. The Balaban J connectivity index is 1.60. The Labute approximate surface area is 172 Å². The molecular weight excluding hydrogens is 399 g/mol. The highest BCUT2D eigenvalue weighted by Crippen LogP contribution is 2.15. The fraction of sp³-hybridized carbons (Fsp3) is 0.0909. The van der Waals surface area contributed by atoms with E-state index in [1.165, 1.54) is 6.07 Å². The van der Waals surface area contributed by atoms with E-state index in [4.69, 9.17) is 32.7 Å². The molecule has 0 saturated carbocycles. The van der Waals surface area contributed by atoms with Crippen molar-refractivity contribution in [3.05, 3.63) is 105 Å². The summed E-state index contributed by atoms with van der Waals surface area (Å²) in [5.41, 5.74) is 2.08. The molecule has 3 aromatic rings. The minimum Gasteiger partial charge on any atom is -0.457 e. The number of esters is 2. The molecule has 0 heterocycles. The number of ether oxygens (including phenoxy) is 2. The molecule has 0 fully saturated rings. The number of rotatable bonds is 6. The van der Waals surface area contributed by atoms with Crippen molar-refractivity contribution in [1.29, 1.82) is 0 Å². The van der Waals surface area contributed by atoms with Crippen LogP contribution in [0.4, 0.5) is 0 Å². The van der Waals surface area contributed by atoms with E-state index >= 15 is 0 Å². The Morgan fingerprint density at radius 2 is 1.07 bits per heavy atom. The summed E-state index contributed by atoms with van der Waals surface area (Å²) < 4.78 is 10.6. The van der Waals surface area contributed by atoms with Gasteiger partial charge in [-0.15, -0.1) is 0 Å². The van der Waals surface area contributed by atoms with E-state index in [1.807, 2.05) is 12.1 Å². The zero-order valence-corrected chi connectivity index (χ0v) is 16.2. The van der Waals surface area contributed by atoms with Crippen LogP contribution in [0.5, 0.6) is 0 Å². The number of carbonyl (C=O) groups is 2. The normalized spacial score (nSPS) is 10.4. The van der Waals surface area contributed by atoms with Crippen molar-refractivity contribution in [2.45, 2.75) is 13.2 Å². The largest absolute Gasteiger partial charge is 0.457 e. The van der Waals surface area contributed by atoms with Crippen molar-refractivity contribution in [1.82, 2.24) is 0 Å². The third-order valence-corrected chi connectivity index (χ3v) is 4.32. The maximum absolute atomic E-state index is 12.3. The second-order valence-electron chi connectivity index (χ2n) is 5.99. The topological polar surface area (TPSA) is 52.6 Å². The van der Waals surface area contributed by atoms with Crippen molar-refractivity contribution in [2.75, 3.05) is 0 Å². The highest BCUT2D eigenvalue weighted by atomic mass is 35.5. The van der Waals surface area contributed by atoms with Gasteiger partial charge in [0.05, 0.1) is 11.1 Å². The second-order valence-corrected chi connectivity index (χ2v) is 6.87. The van der Waals surface area contributed by atoms with Gasteiger partial charge >= 0.3 is 11.9 Å². The molecule has 142 valence electrons. The zero-order valence-electron chi connectivity index (χ0n) is 14.7. The van der Waals surface area contributed by atoms with E-state index in [0.29, 0.717) is 10.0 Å². The molecule has 0 N–H and O–H groups in total. The maximum atomic E-state index is 12.3. The van der Waals surface area contributed by atoms with Crippen LogP contribution in [0.2, 0.25) is 10.0 Å². The molecule has 3 aromatic carbocycles. The van der Waals surface area contributed by atoms with Crippen LogP contribution in [0, 0.1) is 0 Å². The Morgan fingerprint density at radius 1 is 0.643 bits per heavy atom. The zero-order chi connectivity index (χ0) is 19.9. The summed E-state index contributed by atoms with van der Waals surface area (Å²) in [6.45, 7) is 0.172. The lowest BCUT2D eigenvalue weighted by Gasteiger charge is -2.08. The Bertz CT molecular complexity index is 924. The van der Waals surface area contributed by atoms with Gasteiger partial charge in [-0.25, -0.2) is 9.59 Å². The van der Waals surface area contributed by atoms with Crippen LogP contribution in [0.15, 0.2) is 72.8 Å². The fourth-order valence-corrected chi connectivity index (χ4v) is 2.92. The van der Waals surface area contributed by atoms with Gasteiger partial charge < -0.3 is 9.47 Å². The first-order valence-corrected chi connectivity index (χ1v) is 9.20. The maximum Gasteiger partial charge on any atom is 0.338 e. The minimum absolute atomic E-state index is 0.0861. The van der Waals surface area contributed by atoms with Gasteiger partial charge in [-0.3, -0.25) is 0 Å². The lowest BCUT2D eigenvalue weighted by atomic mass is 10.1. The highest BCUT2D eigenvalue weighted by Gasteiger charge is 2.13. The van der Waals surface area contributed by atoms with Gasteiger partial charge in [0, 0.05) is 10.0 Å². The summed E-state index contributed by atoms with van der Waals surface area (Å²) in [4.78, 5) is 24.5. The van der Waals surface area contributed by atoms with E-state index in [9.17, 15) is 9.59 Å². The number of halogens is 2. The van der Waals surface area contributed by atoms with Gasteiger partial charge in [0.25, 0.3) is 0 Å². The average molecular weight is 415 g/mol. The van der Waals surface area contributed by atoms with Crippen molar-refractivity contribution in [2.24, 2.45) is 0 Å². The summed E-state index contributed by atoms with van der Waals surface area (Å²) >= 11 is 11.8. The molecule has 3 rings (SSSR count). The summed E-state index contributed by atoms with van der Waals surface area (Å²) in [6.07, 6.45) is 0. The van der Waals surface area contributed by atoms with E-state index < -0.39 is 11.9 Å². The summed E-state index contributed by atoms with van der Waals surface area (Å²) in [6, 6.07) is 20.3. The lowest BCUT2D eigenvalue weighted by Crippen LogP contribution is -2.09. The van der Waals surface area contributed by atoms with Crippen molar-refractivity contribution in [3.63, 3.8) is 0 Å². The molecule has 0 aliphatic carbocycles. The van der Waals surface area contributed by atoms with Crippen molar-refractivity contribution in [3.8, 4) is 0 Å². The Kier molecular flexibility index (Phi) is 6.69. The van der Waals surface area contributed by atoms with Crippen LogP contribution in [-0.4, -0.2) is 11.9 Å². The molecule has 6 heteroatoms. The SMILES string of the molecule is O=C(OCc1cccc(Cl)c1)c1cccc(C(=O)OCc2cccc(Cl)c2)c1. The molecule has 0 amide bonds. The predicted molar refractivity (Wildman–Crippen MR) is 108 cm³/mol. The molecule has 0 spiro atoms. The molecule has 0 unspecified atom stereocenters. The Morgan fingerprint density at radius 3 is 1.50 bits per heavy atom. The smallest absolute Gasteiger partial charge is 0.338 e. The number of hydrogen-bond acceptors (Lipinski definition) is 4. The average Bonchev–Trinajstić information content (AvgIpc) is 2.70. The molecule has 0 bridgehead atoms. The number of hydrogen-bond donors (Lipinski definition) is 0. The van der Waals surface area contributed by atoms with Crippen LogP contribution in [-0.2, 0) is 22.7 Å². The van der Waals surface area contributed by atoms with Crippen LogP contribution in [0.25, 0.3) is 0 Å². The lowest BCUT2D eigenvalue weighted by molar-refractivity contribution is 0.0470. The molecule has 0 aromatic heterocycles. The first-order valence-electron chi connectivity index (χ1n) is 8.44. The van der Waals surface area contributed by atoms with Gasteiger partial charge in [0.2, 0.25) is 0 Å². The second kappa shape index (κ2) is 9.40. The molecular formula is C22H16Cl2O4. The molecule has 0 aliphatic heterocycles. The third kappa shape index (κ3) is 5.59. The standard InChI is InChI=1S/C22H16Cl2O4/c23-19-8-1-4-15(10-19)13-27-21(25)17-6-3-7-18(12-17)22(26)28-14-16-5-2-9-20(24)11-16/h1-12H,13-14H2. The minimum atomic E-state index is -0.538. The molecule has 28 heavy (non-hydrogen) atoms. The van der Waals surface area contributed by atoms with Gasteiger partial charge in [0.1, 0.15) is 13.2 Å². The van der Waals surface area contributed by atoms with E-state index in [0.717, 1.165) is 11.1 Å². The van der Waals surface area contributed by atoms with E-state index in [-0.39, 0.29) is 24.3 Å². The van der Waals surface area contributed by atoms with Crippen LogP contribution in [0.3, 0.4) is 0 Å². The van der Waals surface area contributed by atoms with Crippen LogP contribution >= 0.6 is 23.2 Å². The Hall–Kier alpha value is -2.82. The van der Waals surface area contributed by atoms with E-state index in [2.05, 4.69) is 0 Å². The van der Waals surface area contributed by atoms with Crippen LogP contribution in [0.1, 0.15) is 31.8 Å². The fourth-order valence-electron chi connectivity index (χ4n) is 2.49. The predicted octanol–water partition coefficient (Wildman–Crippen LogP) is 5.71. The highest BCUT2D eigenvalue weighted by molar-refractivity contribution is 6.30. The van der Waals surface area contributed by atoms with Gasteiger partial charge in [-0.2, -0.15) is 0 Å². The first kappa shape index (κ1) is 19.9. The van der Waals surface area contributed by atoms with E-state index in [1.54, 1.807) is 54.6 Å². The third-order valence-electron chi connectivity index (χ3n) is 3.85. The molecule has 0 atom stereocenters. The summed E-state index contributed by atoms with van der Waals surface area (Å²) in [5.74, 6) is -1.08. The summed E-state index contributed by atoms with van der Waals surface area (Å²) in [7, 11) is 0. The molecule has 0 radical (unpaired) electrons. The monoisotopic (exact) mass is 414 g/mol. The number of carbonyl (C=O) groups excluding carboxylic acids is 2. The van der Waals surface area contributed by atoms with Gasteiger partial charge in [-0.05, 0) is 53.6 Å². The van der Waals surface area contributed by atoms with Gasteiger partial charge in [0.15, 0.2) is 0 Å². The molecule has 0 aliphatic rings. The quantitative estimate of drug-likeness (QED) is 0.484. The van der Waals surface area contributed by atoms with Crippen molar-refractivity contribution < 1.29 is 19.1 Å². The van der Waals surface area contributed by atoms with Crippen LogP contribution < -0.4 is 0 Å². The van der Waals surface area contributed by atoms with Crippen molar-refractivity contribution >= 4 is 35.1 Å². The molecule has 4 nitrogen and oxygen atoms in total. The summed E-state index contributed by atoms with van der Waals surface area (Å²) in [5, 5.41) is 1.14.